The molecule has 3 heteroatoms. The van der Waals surface area contributed by atoms with Gasteiger partial charge < -0.3 is 5.84 Å². The lowest BCUT2D eigenvalue weighted by atomic mass is 9.82. The second-order valence-electron chi connectivity index (χ2n) is 3.45. The van der Waals surface area contributed by atoms with Crippen LogP contribution in [0.5, 0.6) is 0 Å². The fourth-order valence-electron chi connectivity index (χ4n) is 1.27. The molecule has 0 saturated carbocycles. The maximum Gasteiger partial charge on any atom is 0.0704 e. The summed E-state index contributed by atoms with van der Waals surface area (Å²) >= 11 is 0. The van der Waals surface area contributed by atoms with Crippen molar-refractivity contribution in [2.75, 3.05) is 5.84 Å². The number of aromatic nitrogens is 2. The summed E-state index contributed by atoms with van der Waals surface area (Å²) in [7, 11) is 0. The molecule has 3 nitrogen and oxygen atoms in total. The van der Waals surface area contributed by atoms with Gasteiger partial charge in [-0.05, 0) is 18.9 Å². The van der Waals surface area contributed by atoms with Crippen LogP contribution in [-0.4, -0.2) is 9.89 Å². The summed E-state index contributed by atoms with van der Waals surface area (Å²) in [5.74, 6) is 5.49. The first-order chi connectivity index (χ1) is 5.62. The van der Waals surface area contributed by atoms with Crippen LogP contribution in [0.15, 0.2) is 12.3 Å². The van der Waals surface area contributed by atoms with Gasteiger partial charge >= 0.3 is 0 Å². The molecule has 0 amide bonds. The Bertz CT molecular complexity index is 248. The Labute approximate surface area is 73.5 Å². The Hall–Kier alpha value is -0.990. The summed E-state index contributed by atoms with van der Waals surface area (Å²) in [6, 6.07) is 1.99. The van der Waals surface area contributed by atoms with Crippen molar-refractivity contribution in [3.8, 4) is 0 Å². The van der Waals surface area contributed by atoms with Gasteiger partial charge in [-0.25, -0.2) is 0 Å². The van der Waals surface area contributed by atoms with Crippen LogP contribution in [0.25, 0.3) is 0 Å². The van der Waals surface area contributed by atoms with E-state index in [1.165, 1.54) is 4.79 Å². The molecule has 0 aromatic carbocycles. The van der Waals surface area contributed by atoms with Crippen molar-refractivity contribution in [1.82, 2.24) is 9.89 Å². The third-order valence-corrected chi connectivity index (χ3v) is 2.79. The lowest BCUT2D eigenvalue weighted by Gasteiger charge is -2.23. The van der Waals surface area contributed by atoms with Gasteiger partial charge in [-0.1, -0.05) is 20.8 Å². The third-order valence-electron chi connectivity index (χ3n) is 2.79. The van der Waals surface area contributed by atoms with Gasteiger partial charge in [-0.15, -0.1) is 0 Å². The average Bonchev–Trinajstić information content (AvgIpc) is 2.51. The highest BCUT2D eigenvalue weighted by molar-refractivity contribution is 5.12. The molecule has 0 atom stereocenters. The molecular formula is C9H17N3. The van der Waals surface area contributed by atoms with Gasteiger partial charge in [0.15, 0.2) is 0 Å². The predicted molar refractivity (Wildman–Crippen MR) is 50.3 cm³/mol. The van der Waals surface area contributed by atoms with E-state index in [4.69, 9.17) is 5.84 Å². The van der Waals surface area contributed by atoms with Gasteiger partial charge in [0.25, 0.3) is 0 Å². The van der Waals surface area contributed by atoms with Crippen LogP contribution < -0.4 is 5.84 Å². The normalized spacial score (nSPS) is 11.9. The molecule has 68 valence electrons. The van der Waals surface area contributed by atoms with Crippen LogP contribution in [0.1, 0.15) is 39.3 Å². The van der Waals surface area contributed by atoms with Crippen LogP contribution >= 0.6 is 0 Å². The van der Waals surface area contributed by atoms with E-state index in [0.717, 1.165) is 18.5 Å². The van der Waals surface area contributed by atoms with E-state index in [0.29, 0.717) is 0 Å². The first kappa shape index (κ1) is 9.10. The number of rotatable bonds is 3. The summed E-state index contributed by atoms with van der Waals surface area (Å²) in [4.78, 5) is 1.37. The zero-order valence-corrected chi connectivity index (χ0v) is 8.04. The van der Waals surface area contributed by atoms with Crippen LogP contribution in [-0.2, 0) is 5.41 Å². The standard InChI is InChI=1S/C9H17N3/c1-4-9(3,5-2)8-6-7-12(10)11-8/h6-7H,4-5,10H2,1-3H3. The van der Waals surface area contributed by atoms with Crippen molar-refractivity contribution in [3.05, 3.63) is 18.0 Å². The van der Waals surface area contributed by atoms with Crippen molar-refractivity contribution in [3.63, 3.8) is 0 Å². The first-order valence-corrected chi connectivity index (χ1v) is 4.43. The summed E-state index contributed by atoms with van der Waals surface area (Å²) < 4.78 is 0. The van der Waals surface area contributed by atoms with E-state index in [9.17, 15) is 0 Å². The largest absolute Gasteiger partial charge is 0.323 e. The molecule has 0 aliphatic rings. The van der Waals surface area contributed by atoms with Gasteiger partial charge in [0.05, 0.1) is 5.69 Å². The van der Waals surface area contributed by atoms with Gasteiger partial charge in [-0.3, -0.25) is 0 Å². The fraction of sp³-hybridized carbons (Fsp3) is 0.667. The number of hydrogen-bond donors (Lipinski definition) is 1. The van der Waals surface area contributed by atoms with Crippen molar-refractivity contribution < 1.29 is 0 Å². The molecule has 1 aromatic rings. The minimum absolute atomic E-state index is 0.185. The van der Waals surface area contributed by atoms with Crippen molar-refractivity contribution in [2.45, 2.75) is 39.0 Å². The molecule has 1 aromatic heterocycles. The molecule has 0 unspecified atom stereocenters. The second-order valence-corrected chi connectivity index (χ2v) is 3.45. The Morgan fingerprint density at radius 3 is 2.42 bits per heavy atom. The van der Waals surface area contributed by atoms with Crippen LogP contribution in [0, 0.1) is 0 Å². The molecule has 0 spiro atoms. The maximum absolute atomic E-state index is 5.49. The lowest BCUT2D eigenvalue weighted by Crippen LogP contribution is -2.21. The Morgan fingerprint density at radius 1 is 1.50 bits per heavy atom. The number of nitrogens with zero attached hydrogens (tertiary/aromatic N) is 2. The molecular weight excluding hydrogens is 150 g/mol. The monoisotopic (exact) mass is 167 g/mol. The molecule has 0 aliphatic carbocycles. The van der Waals surface area contributed by atoms with E-state index in [2.05, 4.69) is 25.9 Å². The van der Waals surface area contributed by atoms with Crippen molar-refractivity contribution in [2.24, 2.45) is 0 Å². The Morgan fingerprint density at radius 2 is 2.08 bits per heavy atom. The molecule has 0 saturated heterocycles. The molecule has 0 aliphatic heterocycles. The zero-order chi connectivity index (χ0) is 9.19. The molecule has 0 radical (unpaired) electrons. The zero-order valence-electron chi connectivity index (χ0n) is 8.04. The Kier molecular flexibility index (Phi) is 2.40. The summed E-state index contributed by atoms with van der Waals surface area (Å²) in [6.07, 6.45) is 3.99. The van der Waals surface area contributed by atoms with E-state index in [-0.39, 0.29) is 5.41 Å². The highest BCUT2D eigenvalue weighted by atomic mass is 15.5. The highest BCUT2D eigenvalue weighted by Gasteiger charge is 2.24. The van der Waals surface area contributed by atoms with Gasteiger partial charge in [0.1, 0.15) is 0 Å². The van der Waals surface area contributed by atoms with Gasteiger partial charge in [0.2, 0.25) is 0 Å². The van der Waals surface area contributed by atoms with Crippen LogP contribution in [0.3, 0.4) is 0 Å². The summed E-state index contributed by atoms with van der Waals surface area (Å²) in [5, 5.41) is 4.22. The van der Waals surface area contributed by atoms with E-state index in [1.807, 2.05) is 6.07 Å². The minimum Gasteiger partial charge on any atom is -0.323 e. The maximum atomic E-state index is 5.49. The highest BCUT2D eigenvalue weighted by Crippen LogP contribution is 2.28. The van der Waals surface area contributed by atoms with E-state index < -0.39 is 0 Å². The summed E-state index contributed by atoms with van der Waals surface area (Å²) in [6.45, 7) is 6.58. The smallest absolute Gasteiger partial charge is 0.0704 e. The predicted octanol–water partition coefficient (Wildman–Crippen LogP) is 1.67. The molecule has 0 fully saturated rings. The first-order valence-electron chi connectivity index (χ1n) is 4.43. The van der Waals surface area contributed by atoms with Crippen molar-refractivity contribution in [1.29, 1.82) is 0 Å². The molecule has 1 rings (SSSR count). The van der Waals surface area contributed by atoms with Crippen LogP contribution in [0.2, 0.25) is 0 Å². The third kappa shape index (κ3) is 1.44. The van der Waals surface area contributed by atoms with Crippen molar-refractivity contribution >= 4 is 0 Å². The average molecular weight is 167 g/mol. The summed E-state index contributed by atoms with van der Waals surface area (Å²) in [5.41, 5.74) is 1.28. The fourth-order valence-corrected chi connectivity index (χ4v) is 1.27. The number of nitrogen functional groups attached to an aromatic ring is 1. The molecule has 1 heterocycles. The molecule has 2 N–H and O–H groups in total. The topological polar surface area (TPSA) is 43.8 Å². The number of hydrogen-bond acceptors (Lipinski definition) is 2. The Balaban J connectivity index is 2.94. The molecule has 12 heavy (non-hydrogen) atoms. The van der Waals surface area contributed by atoms with E-state index >= 15 is 0 Å². The van der Waals surface area contributed by atoms with Crippen LogP contribution in [0.4, 0.5) is 0 Å². The minimum atomic E-state index is 0.185. The van der Waals surface area contributed by atoms with Gasteiger partial charge in [0, 0.05) is 11.6 Å². The quantitative estimate of drug-likeness (QED) is 0.696. The lowest BCUT2D eigenvalue weighted by molar-refractivity contribution is 0.422. The molecule has 0 bridgehead atoms. The SMILES string of the molecule is CCC(C)(CC)c1ccn(N)n1. The van der Waals surface area contributed by atoms with Gasteiger partial charge in [-0.2, -0.15) is 9.89 Å². The second kappa shape index (κ2) is 3.17. The van der Waals surface area contributed by atoms with E-state index in [1.54, 1.807) is 6.20 Å². The number of nitrogens with two attached hydrogens (primary N) is 1.